The molecular weight excluding hydrogens is 666 g/mol. The lowest BCUT2D eigenvalue weighted by atomic mass is 9.13. The van der Waals surface area contributed by atoms with Crippen LogP contribution < -0.4 is 43.1 Å². The molecule has 54 heavy (non-hydrogen) atoms. The Bertz CT molecular complexity index is 2000. The van der Waals surface area contributed by atoms with Crippen LogP contribution in [0, 0.1) is 27.7 Å². The van der Waals surface area contributed by atoms with Crippen LogP contribution in [0.15, 0.2) is 218 Å². The third-order valence-corrected chi connectivity index (χ3v) is 15.2. The minimum Gasteiger partial charge on any atom is -0.195 e. The van der Waals surface area contributed by atoms with Gasteiger partial charge in [0, 0.05) is 0 Å². The summed E-state index contributed by atoms with van der Waals surface area (Å²) in [7, 11) is -1.98. The fourth-order valence-corrected chi connectivity index (χ4v) is 12.3. The van der Waals surface area contributed by atoms with Gasteiger partial charge in [-0.3, -0.25) is 0 Å². The molecule has 0 aromatic heterocycles. The summed E-state index contributed by atoms with van der Waals surface area (Å²) in [6, 6.07) is 80.2. The monoisotopic (exact) mass is 714 g/mol. The summed E-state index contributed by atoms with van der Waals surface area (Å²) < 4.78 is 0. The standard InChI is InChI=1S/C28H28P.C24H20B/c1-21-5-13-25(14-6-21)29(26-15-7-22(2)8-16-26,27-17-9-23(3)10-18-27)28-19-11-24(4)12-20-28;1-5-13-21(14-6-1)25(22-15-7-2-8-16-22,23-17-9-3-10-18-23)24-19-11-4-12-20-24/h5-20H,1-4H3;1-20H/q+1;-1. The van der Waals surface area contributed by atoms with Crippen LogP contribution in [0.25, 0.3) is 0 Å². The molecule has 0 nitrogen and oxygen atoms in total. The molecule has 8 rings (SSSR count). The van der Waals surface area contributed by atoms with Crippen molar-refractivity contribution < 1.29 is 0 Å². The number of hydrogen-bond donors (Lipinski definition) is 0. The maximum absolute atomic E-state index is 2.34. The zero-order valence-corrected chi connectivity index (χ0v) is 32.7. The Morgan fingerprint density at radius 3 is 0.611 bits per heavy atom. The van der Waals surface area contributed by atoms with E-state index in [1.807, 2.05) is 0 Å². The quantitative estimate of drug-likeness (QED) is 0.109. The summed E-state index contributed by atoms with van der Waals surface area (Å²) in [6.07, 6.45) is -1.22. The van der Waals surface area contributed by atoms with Crippen molar-refractivity contribution in [3.05, 3.63) is 241 Å². The van der Waals surface area contributed by atoms with Gasteiger partial charge in [0.15, 0.2) is 0 Å². The van der Waals surface area contributed by atoms with Gasteiger partial charge in [-0.05, 0) is 76.2 Å². The van der Waals surface area contributed by atoms with E-state index in [0.29, 0.717) is 0 Å². The lowest BCUT2D eigenvalue weighted by Crippen LogP contribution is -2.74. The number of benzene rings is 8. The molecule has 0 aliphatic heterocycles. The zero-order chi connectivity index (χ0) is 37.4. The summed E-state index contributed by atoms with van der Waals surface area (Å²) >= 11 is 0. The van der Waals surface area contributed by atoms with Crippen LogP contribution in [0.5, 0.6) is 0 Å². The molecule has 264 valence electrons. The highest BCUT2D eigenvalue weighted by Crippen LogP contribution is 2.54. The van der Waals surface area contributed by atoms with Crippen LogP contribution in [0.1, 0.15) is 22.3 Å². The van der Waals surface area contributed by atoms with Crippen LogP contribution in [-0.2, 0) is 0 Å². The fourth-order valence-electron chi connectivity index (χ4n) is 8.09. The summed E-state index contributed by atoms with van der Waals surface area (Å²) in [5.74, 6) is 0. The van der Waals surface area contributed by atoms with Crippen LogP contribution in [0.4, 0.5) is 0 Å². The van der Waals surface area contributed by atoms with Gasteiger partial charge in [-0.25, -0.2) is 0 Å². The molecule has 0 amide bonds. The topological polar surface area (TPSA) is 0 Å². The zero-order valence-electron chi connectivity index (χ0n) is 31.8. The van der Waals surface area contributed by atoms with Crippen molar-refractivity contribution in [3.8, 4) is 0 Å². The van der Waals surface area contributed by atoms with E-state index in [1.54, 1.807) is 0 Å². The first-order valence-electron chi connectivity index (χ1n) is 19.0. The Kier molecular flexibility index (Phi) is 11.2. The van der Waals surface area contributed by atoms with Crippen LogP contribution >= 0.6 is 7.26 Å². The van der Waals surface area contributed by atoms with Gasteiger partial charge in [0.25, 0.3) is 0 Å². The van der Waals surface area contributed by atoms with Crippen molar-refractivity contribution >= 4 is 56.5 Å². The van der Waals surface area contributed by atoms with Gasteiger partial charge in [0.2, 0.25) is 0 Å². The number of hydrogen-bond acceptors (Lipinski definition) is 0. The molecule has 0 N–H and O–H groups in total. The van der Waals surface area contributed by atoms with E-state index in [1.165, 1.54) is 65.3 Å². The van der Waals surface area contributed by atoms with Gasteiger partial charge < -0.3 is 0 Å². The Hall–Kier alpha value is -5.75. The van der Waals surface area contributed by atoms with Gasteiger partial charge in [0.05, 0.1) is 0 Å². The number of aryl methyl sites for hydroxylation is 4. The maximum atomic E-state index is 2.34. The van der Waals surface area contributed by atoms with E-state index >= 15 is 0 Å². The largest absolute Gasteiger partial charge is 0.195 e. The molecule has 0 saturated carbocycles. The summed E-state index contributed by atoms with van der Waals surface area (Å²) in [6.45, 7) is 8.64. The first kappa shape index (κ1) is 36.6. The van der Waals surface area contributed by atoms with E-state index in [2.05, 4.69) is 246 Å². The minimum absolute atomic E-state index is 1.22. The lowest BCUT2D eigenvalue weighted by molar-refractivity contribution is 1.47. The molecular formula is C52H48BP. The van der Waals surface area contributed by atoms with E-state index in [0.717, 1.165) is 0 Å². The Balaban J connectivity index is 0.000000168. The van der Waals surface area contributed by atoms with Crippen molar-refractivity contribution in [2.75, 3.05) is 0 Å². The van der Waals surface area contributed by atoms with Crippen molar-refractivity contribution in [3.63, 3.8) is 0 Å². The predicted octanol–water partition coefficient (Wildman–Crippen LogP) is 8.60. The highest BCUT2D eigenvalue weighted by Gasteiger charge is 2.47. The summed E-state index contributed by atoms with van der Waals surface area (Å²) in [5.41, 5.74) is 10.5. The Labute approximate surface area is 323 Å². The van der Waals surface area contributed by atoms with Crippen LogP contribution in [0.3, 0.4) is 0 Å². The molecule has 0 heterocycles. The molecule has 0 bridgehead atoms. The van der Waals surface area contributed by atoms with Gasteiger partial charge in [-0.2, -0.15) is 21.9 Å². The molecule has 0 fully saturated rings. The van der Waals surface area contributed by atoms with Gasteiger partial charge in [-0.15, -0.1) is 0 Å². The lowest BCUT2D eigenvalue weighted by Gasteiger charge is -2.44. The molecule has 0 unspecified atom stereocenters. The molecule has 0 aliphatic rings. The third-order valence-electron chi connectivity index (χ3n) is 10.9. The number of rotatable bonds is 8. The molecule has 8 aromatic carbocycles. The van der Waals surface area contributed by atoms with Crippen molar-refractivity contribution in [1.29, 1.82) is 0 Å². The second-order valence-corrected chi connectivity index (χ2v) is 17.9. The van der Waals surface area contributed by atoms with Gasteiger partial charge >= 0.3 is 0 Å². The van der Waals surface area contributed by atoms with Crippen LogP contribution in [-0.4, -0.2) is 6.15 Å². The Morgan fingerprint density at radius 1 is 0.241 bits per heavy atom. The average molecular weight is 715 g/mol. The minimum atomic E-state index is -1.98. The molecule has 0 aliphatic carbocycles. The van der Waals surface area contributed by atoms with E-state index < -0.39 is 13.4 Å². The highest BCUT2D eigenvalue weighted by atomic mass is 31.2. The van der Waals surface area contributed by atoms with Gasteiger partial charge in [-0.1, -0.05) is 192 Å². The second-order valence-electron chi connectivity index (χ2n) is 14.5. The van der Waals surface area contributed by atoms with Crippen molar-refractivity contribution in [1.82, 2.24) is 0 Å². The SMILES string of the molecule is Cc1ccc([P+](c2ccc(C)cc2)(c2ccc(C)cc2)c2ccc(C)cc2)cc1.c1ccc([B-](c2ccccc2)(c2ccccc2)c2ccccc2)cc1. The van der Waals surface area contributed by atoms with Crippen LogP contribution in [0.2, 0.25) is 0 Å². The highest BCUT2D eigenvalue weighted by molar-refractivity contribution is 8.01. The average Bonchev–Trinajstić information content (AvgIpc) is 3.23. The molecule has 8 aromatic rings. The maximum Gasteiger partial charge on any atom is 0.144 e. The second kappa shape index (κ2) is 16.5. The molecule has 0 saturated heterocycles. The van der Waals surface area contributed by atoms with E-state index in [4.69, 9.17) is 0 Å². The van der Waals surface area contributed by atoms with E-state index in [-0.39, 0.29) is 0 Å². The summed E-state index contributed by atoms with van der Waals surface area (Å²) in [4.78, 5) is 0. The van der Waals surface area contributed by atoms with Crippen molar-refractivity contribution in [2.45, 2.75) is 27.7 Å². The van der Waals surface area contributed by atoms with Gasteiger partial charge in [0.1, 0.15) is 34.6 Å². The molecule has 2 heteroatoms. The molecule has 0 atom stereocenters. The first-order chi connectivity index (χ1) is 26.4. The molecule has 0 radical (unpaired) electrons. The fraction of sp³-hybridized carbons (Fsp3) is 0.0769. The molecule has 0 spiro atoms. The van der Waals surface area contributed by atoms with Crippen molar-refractivity contribution in [2.24, 2.45) is 0 Å². The third kappa shape index (κ3) is 7.26. The predicted molar refractivity (Wildman–Crippen MR) is 240 cm³/mol. The smallest absolute Gasteiger partial charge is 0.144 e. The normalized spacial score (nSPS) is 11.3. The first-order valence-corrected chi connectivity index (χ1v) is 20.8. The Morgan fingerprint density at radius 2 is 0.426 bits per heavy atom. The summed E-state index contributed by atoms with van der Waals surface area (Å²) in [5, 5.41) is 5.61. The van der Waals surface area contributed by atoms with E-state index in [9.17, 15) is 0 Å².